The highest BCUT2D eigenvalue weighted by Gasteiger charge is 2.07. The number of halogens is 2. The maximum Gasteiger partial charge on any atom is 0.174 e. The fourth-order valence-electron chi connectivity index (χ4n) is 1.09. The molecule has 1 aromatic rings. The van der Waals surface area contributed by atoms with Crippen molar-refractivity contribution in [1.29, 1.82) is 0 Å². The van der Waals surface area contributed by atoms with Crippen molar-refractivity contribution in [2.75, 3.05) is 13.1 Å². The van der Waals surface area contributed by atoms with E-state index in [1.807, 2.05) is 0 Å². The van der Waals surface area contributed by atoms with Crippen LogP contribution >= 0.6 is 35.3 Å². The van der Waals surface area contributed by atoms with E-state index >= 15 is 0 Å². The molecular weight excluding hydrogens is 253 g/mol. The average Bonchev–Trinajstić information content (AvgIpc) is 2.59. The van der Waals surface area contributed by atoms with E-state index in [0.717, 1.165) is 24.4 Å². The molecule has 86 valence electrons. The molecule has 1 aromatic heterocycles. The van der Waals surface area contributed by atoms with E-state index in [4.69, 9.17) is 11.6 Å². The average molecular weight is 268 g/mol. The van der Waals surface area contributed by atoms with Crippen LogP contribution in [0.1, 0.15) is 29.4 Å². The number of carbonyl (C=O) groups is 1. The lowest BCUT2D eigenvalue weighted by Gasteiger charge is -2.00. The molecule has 0 aliphatic carbocycles. The SMILES string of the molecule is CCCNCCC(=O)c1cc(Cl)cs1.Cl. The lowest BCUT2D eigenvalue weighted by molar-refractivity contribution is 0.0986. The van der Waals surface area contributed by atoms with Crippen molar-refractivity contribution in [2.24, 2.45) is 0 Å². The molecule has 15 heavy (non-hydrogen) atoms. The lowest BCUT2D eigenvalue weighted by Crippen LogP contribution is -2.18. The maximum absolute atomic E-state index is 11.5. The van der Waals surface area contributed by atoms with E-state index in [2.05, 4.69) is 12.2 Å². The minimum atomic E-state index is 0. The number of nitrogens with one attached hydrogen (secondary N) is 1. The fraction of sp³-hybridized carbons (Fsp3) is 0.500. The summed E-state index contributed by atoms with van der Waals surface area (Å²) < 4.78 is 0. The van der Waals surface area contributed by atoms with Gasteiger partial charge in [0.15, 0.2) is 5.78 Å². The Morgan fingerprint density at radius 1 is 1.53 bits per heavy atom. The monoisotopic (exact) mass is 267 g/mol. The zero-order chi connectivity index (χ0) is 10.4. The first-order valence-electron chi connectivity index (χ1n) is 4.72. The van der Waals surface area contributed by atoms with Crippen LogP contribution in [0.4, 0.5) is 0 Å². The van der Waals surface area contributed by atoms with E-state index in [1.165, 1.54) is 11.3 Å². The van der Waals surface area contributed by atoms with Gasteiger partial charge in [-0.25, -0.2) is 0 Å². The van der Waals surface area contributed by atoms with Gasteiger partial charge in [-0.15, -0.1) is 23.7 Å². The molecule has 0 aliphatic rings. The van der Waals surface area contributed by atoms with Gasteiger partial charge in [0.25, 0.3) is 0 Å². The molecule has 0 amide bonds. The molecule has 0 fully saturated rings. The minimum absolute atomic E-state index is 0. The van der Waals surface area contributed by atoms with Crippen LogP contribution in [0.3, 0.4) is 0 Å². The van der Waals surface area contributed by atoms with Gasteiger partial charge in [-0.2, -0.15) is 0 Å². The van der Waals surface area contributed by atoms with Crippen molar-refractivity contribution >= 4 is 41.1 Å². The summed E-state index contributed by atoms with van der Waals surface area (Å²) in [7, 11) is 0. The standard InChI is InChI=1S/C10H14ClNOS.ClH/c1-2-4-12-5-3-9(13)10-6-8(11)7-14-10;/h6-7,12H,2-5H2,1H3;1H. The molecule has 1 rings (SSSR count). The Kier molecular flexibility index (Phi) is 8.06. The van der Waals surface area contributed by atoms with Gasteiger partial charge in [-0.05, 0) is 19.0 Å². The Morgan fingerprint density at radius 3 is 2.80 bits per heavy atom. The van der Waals surface area contributed by atoms with Crippen LogP contribution < -0.4 is 5.32 Å². The molecule has 0 atom stereocenters. The molecule has 0 unspecified atom stereocenters. The predicted octanol–water partition coefficient (Wildman–Crippen LogP) is 3.40. The van der Waals surface area contributed by atoms with Crippen LogP contribution in [-0.4, -0.2) is 18.9 Å². The van der Waals surface area contributed by atoms with Crippen LogP contribution in [0, 0.1) is 0 Å². The highest BCUT2D eigenvalue weighted by Crippen LogP contribution is 2.20. The Hall–Kier alpha value is -0.0900. The molecule has 0 bridgehead atoms. The lowest BCUT2D eigenvalue weighted by atomic mass is 10.2. The van der Waals surface area contributed by atoms with E-state index < -0.39 is 0 Å². The topological polar surface area (TPSA) is 29.1 Å². The summed E-state index contributed by atoms with van der Waals surface area (Å²) in [4.78, 5) is 12.3. The molecule has 0 radical (unpaired) electrons. The summed E-state index contributed by atoms with van der Waals surface area (Å²) in [6, 6.07) is 1.73. The second kappa shape index (κ2) is 8.11. The van der Waals surface area contributed by atoms with Crippen molar-refractivity contribution in [3.8, 4) is 0 Å². The summed E-state index contributed by atoms with van der Waals surface area (Å²) in [5, 5.41) is 5.63. The summed E-state index contributed by atoms with van der Waals surface area (Å²) >= 11 is 7.14. The second-order valence-electron chi connectivity index (χ2n) is 3.05. The molecule has 2 nitrogen and oxygen atoms in total. The van der Waals surface area contributed by atoms with Crippen molar-refractivity contribution in [2.45, 2.75) is 19.8 Å². The molecule has 0 saturated heterocycles. The maximum atomic E-state index is 11.5. The number of hydrogen-bond donors (Lipinski definition) is 1. The van der Waals surface area contributed by atoms with Crippen molar-refractivity contribution in [1.82, 2.24) is 5.32 Å². The van der Waals surface area contributed by atoms with Crippen LogP contribution in [0.15, 0.2) is 11.4 Å². The third-order valence-electron chi connectivity index (χ3n) is 1.80. The van der Waals surface area contributed by atoms with Crippen molar-refractivity contribution in [3.05, 3.63) is 21.3 Å². The van der Waals surface area contributed by atoms with Gasteiger partial charge in [-0.1, -0.05) is 18.5 Å². The smallest absolute Gasteiger partial charge is 0.174 e. The number of thiophene rings is 1. The summed E-state index contributed by atoms with van der Waals surface area (Å²) in [5.41, 5.74) is 0. The molecule has 5 heteroatoms. The van der Waals surface area contributed by atoms with E-state index in [0.29, 0.717) is 11.4 Å². The third-order valence-corrected chi connectivity index (χ3v) is 3.12. The largest absolute Gasteiger partial charge is 0.316 e. The molecule has 1 heterocycles. The first kappa shape index (κ1) is 14.9. The van der Waals surface area contributed by atoms with Gasteiger partial charge in [0, 0.05) is 18.3 Å². The Morgan fingerprint density at radius 2 is 2.27 bits per heavy atom. The van der Waals surface area contributed by atoms with E-state index in [1.54, 1.807) is 11.4 Å². The summed E-state index contributed by atoms with van der Waals surface area (Å²) in [6.45, 7) is 3.83. The number of rotatable bonds is 6. The highest BCUT2D eigenvalue weighted by atomic mass is 35.5. The zero-order valence-corrected chi connectivity index (χ0v) is 11.0. The van der Waals surface area contributed by atoms with Crippen LogP contribution in [0.5, 0.6) is 0 Å². The molecule has 0 spiro atoms. The first-order chi connectivity index (χ1) is 6.74. The highest BCUT2D eigenvalue weighted by molar-refractivity contribution is 7.12. The first-order valence-corrected chi connectivity index (χ1v) is 5.97. The fourth-order valence-corrected chi connectivity index (χ4v) is 2.13. The van der Waals surface area contributed by atoms with Crippen molar-refractivity contribution < 1.29 is 4.79 Å². The molecule has 0 saturated carbocycles. The van der Waals surface area contributed by atoms with Crippen LogP contribution in [0.25, 0.3) is 0 Å². The predicted molar refractivity (Wildman–Crippen MR) is 68.7 cm³/mol. The zero-order valence-electron chi connectivity index (χ0n) is 8.59. The van der Waals surface area contributed by atoms with Gasteiger partial charge in [0.05, 0.1) is 9.90 Å². The second-order valence-corrected chi connectivity index (χ2v) is 4.40. The Balaban J connectivity index is 0.00000196. The molecule has 0 aliphatic heterocycles. The van der Waals surface area contributed by atoms with Gasteiger partial charge in [0.2, 0.25) is 0 Å². The normalized spacial score (nSPS) is 9.73. The Labute approximate surface area is 105 Å². The minimum Gasteiger partial charge on any atom is -0.316 e. The number of Topliss-reactive ketones (excluding diaryl/α,β-unsaturated/α-hetero) is 1. The number of hydrogen-bond acceptors (Lipinski definition) is 3. The van der Waals surface area contributed by atoms with Gasteiger partial charge >= 0.3 is 0 Å². The Bertz CT molecular complexity index is 301. The number of ketones is 1. The third kappa shape index (κ3) is 5.52. The van der Waals surface area contributed by atoms with Gasteiger partial charge < -0.3 is 5.32 Å². The quantitative estimate of drug-likeness (QED) is 0.633. The van der Waals surface area contributed by atoms with Crippen LogP contribution in [0.2, 0.25) is 5.02 Å². The summed E-state index contributed by atoms with van der Waals surface area (Å²) in [5.74, 6) is 0.172. The van der Waals surface area contributed by atoms with Gasteiger partial charge in [0.1, 0.15) is 0 Å². The molecule has 1 N–H and O–H groups in total. The van der Waals surface area contributed by atoms with Crippen molar-refractivity contribution in [3.63, 3.8) is 0 Å². The van der Waals surface area contributed by atoms with E-state index in [9.17, 15) is 4.79 Å². The van der Waals surface area contributed by atoms with E-state index in [-0.39, 0.29) is 18.2 Å². The molecular formula is C10H15Cl2NOS. The van der Waals surface area contributed by atoms with Gasteiger partial charge in [-0.3, -0.25) is 4.79 Å². The van der Waals surface area contributed by atoms with Crippen LogP contribution in [-0.2, 0) is 0 Å². The number of carbonyl (C=O) groups excluding carboxylic acids is 1. The molecule has 0 aromatic carbocycles. The summed E-state index contributed by atoms with van der Waals surface area (Å²) in [6.07, 6.45) is 1.65.